The van der Waals surface area contributed by atoms with Crippen LogP contribution in [0.4, 0.5) is 10.1 Å². The van der Waals surface area contributed by atoms with Crippen molar-refractivity contribution in [1.82, 2.24) is 0 Å². The first-order valence-corrected chi connectivity index (χ1v) is 11.3. The van der Waals surface area contributed by atoms with Crippen molar-refractivity contribution in [2.45, 2.75) is 72.8 Å². The van der Waals surface area contributed by atoms with Crippen LogP contribution in [0.25, 0.3) is 0 Å². The topological polar surface area (TPSA) is 41.5 Å². The second-order valence-corrected chi connectivity index (χ2v) is 7.41. The summed E-state index contributed by atoms with van der Waals surface area (Å²) in [5, 5.41) is 3.01. The Morgan fingerprint density at radius 3 is 2.53 bits per heavy atom. The van der Waals surface area contributed by atoms with Gasteiger partial charge in [0.15, 0.2) is 0 Å². The van der Waals surface area contributed by atoms with Gasteiger partial charge in [-0.25, -0.2) is 4.39 Å². The van der Waals surface area contributed by atoms with E-state index in [4.69, 9.17) is 0 Å². The molecule has 0 aliphatic carbocycles. The molecule has 0 spiro atoms. The number of benzene rings is 1. The quantitative estimate of drug-likeness (QED) is 0.160. The lowest BCUT2D eigenvalue weighted by Crippen LogP contribution is -2.15. The lowest BCUT2D eigenvalue weighted by molar-refractivity contribution is -0.112. The molecule has 32 heavy (non-hydrogen) atoms. The first-order valence-electron chi connectivity index (χ1n) is 11.3. The van der Waals surface area contributed by atoms with Crippen molar-refractivity contribution in [1.29, 1.82) is 0 Å². The fourth-order valence-electron chi connectivity index (χ4n) is 3.20. The number of aliphatic imine (C=N–C) groups is 1. The highest BCUT2D eigenvalue weighted by molar-refractivity contribution is 6.05. The number of anilines is 1. The van der Waals surface area contributed by atoms with Crippen molar-refractivity contribution < 1.29 is 9.18 Å². The molecule has 0 saturated heterocycles. The number of nitrogens with one attached hydrogen (secondary N) is 1. The number of carbonyl (C=O) groups is 1. The van der Waals surface area contributed by atoms with E-state index in [-0.39, 0.29) is 11.9 Å². The van der Waals surface area contributed by atoms with Crippen LogP contribution in [0, 0.1) is 19.8 Å². The van der Waals surface area contributed by atoms with Crippen LogP contribution in [0.5, 0.6) is 0 Å². The molecule has 1 rings (SSSR count). The monoisotopic (exact) mass is 438 g/mol. The molecule has 0 radical (unpaired) electrons. The average Bonchev–Trinajstić information content (AvgIpc) is 2.79. The third kappa shape index (κ3) is 10.9. The number of nitrogens with zero attached hydrogens (tertiary/aromatic N) is 1. The first kappa shape index (κ1) is 29.1. The fraction of sp³-hybridized carbons (Fsp3) is 0.429. The smallest absolute Gasteiger partial charge is 0.251 e. The molecular formula is C28H39FN2O. The third-order valence-electron chi connectivity index (χ3n) is 4.94. The Balaban J connectivity index is 0.00000466. The van der Waals surface area contributed by atoms with Crippen LogP contribution in [-0.4, -0.2) is 24.8 Å². The summed E-state index contributed by atoms with van der Waals surface area (Å²) in [4.78, 5) is 17.3. The van der Waals surface area contributed by atoms with Crippen molar-refractivity contribution in [3.63, 3.8) is 0 Å². The Morgan fingerprint density at radius 2 is 1.97 bits per heavy atom. The Kier molecular flexibility index (Phi) is 16.1. The summed E-state index contributed by atoms with van der Waals surface area (Å²) in [7, 11) is 0. The molecular weight excluding hydrogens is 399 g/mol. The van der Waals surface area contributed by atoms with Gasteiger partial charge in [-0.05, 0) is 74.9 Å². The van der Waals surface area contributed by atoms with E-state index in [1.807, 2.05) is 51.1 Å². The van der Waals surface area contributed by atoms with E-state index < -0.39 is 6.67 Å². The first-order chi connectivity index (χ1) is 15.5. The Morgan fingerprint density at radius 1 is 1.25 bits per heavy atom. The van der Waals surface area contributed by atoms with Gasteiger partial charge in [0.25, 0.3) is 5.91 Å². The SMILES string of the molecule is C#C.C/C=C\C(=C/CF)C(C)N=CC/C(=C\CC)C(=O)Nc1ccc(CCCC)c(C)c1. The van der Waals surface area contributed by atoms with Gasteiger partial charge in [0, 0.05) is 23.9 Å². The van der Waals surface area contributed by atoms with Gasteiger partial charge in [0.2, 0.25) is 0 Å². The maximum atomic E-state index is 12.8. The highest BCUT2D eigenvalue weighted by Gasteiger charge is 2.10. The van der Waals surface area contributed by atoms with Gasteiger partial charge < -0.3 is 5.32 Å². The maximum Gasteiger partial charge on any atom is 0.251 e. The number of hydrogen-bond donors (Lipinski definition) is 1. The van der Waals surface area contributed by atoms with Crippen LogP contribution < -0.4 is 5.32 Å². The van der Waals surface area contributed by atoms with E-state index in [1.165, 1.54) is 30.0 Å². The van der Waals surface area contributed by atoms with Crippen molar-refractivity contribution in [2.75, 3.05) is 12.0 Å². The summed E-state index contributed by atoms with van der Waals surface area (Å²) in [6.07, 6.45) is 21.6. The molecule has 0 fully saturated rings. The molecule has 0 aliphatic heterocycles. The number of aryl methyl sites for hydroxylation is 2. The van der Waals surface area contributed by atoms with Crippen LogP contribution in [-0.2, 0) is 11.2 Å². The molecule has 0 heterocycles. The number of halogens is 1. The molecule has 0 aliphatic rings. The van der Waals surface area contributed by atoms with Gasteiger partial charge in [0.1, 0.15) is 6.67 Å². The fourth-order valence-corrected chi connectivity index (χ4v) is 3.20. The van der Waals surface area contributed by atoms with Crippen LogP contribution in [0.3, 0.4) is 0 Å². The summed E-state index contributed by atoms with van der Waals surface area (Å²) >= 11 is 0. The van der Waals surface area contributed by atoms with Crippen molar-refractivity contribution >= 4 is 17.8 Å². The number of alkyl halides is 1. The predicted molar refractivity (Wildman–Crippen MR) is 138 cm³/mol. The third-order valence-corrected chi connectivity index (χ3v) is 4.94. The highest BCUT2D eigenvalue weighted by Crippen LogP contribution is 2.18. The number of amides is 1. The zero-order valence-electron chi connectivity index (χ0n) is 20.3. The molecule has 1 aromatic rings. The Labute approximate surface area is 194 Å². The van der Waals surface area contributed by atoms with Gasteiger partial charge in [-0.15, -0.1) is 12.8 Å². The molecule has 0 bridgehead atoms. The summed E-state index contributed by atoms with van der Waals surface area (Å²) in [5.74, 6) is -0.107. The lowest BCUT2D eigenvalue weighted by atomic mass is 10.0. The average molecular weight is 439 g/mol. The molecule has 1 amide bonds. The second-order valence-electron chi connectivity index (χ2n) is 7.41. The Bertz CT molecular complexity index is 831. The minimum absolute atomic E-state index is 0.107. The van der Waals surface area contributed by atoms with Gasteiger partial charge in [0.05, 0.1) is 6.04 Å². The second kappa shape index (κ2) is 17.7. The standard InChI is InChI=1S/C26H37FN2O.C2H2/c1-6-9-12-22-13-14-25(19-20(22)4)29-26(30)24(11-8-3)16-18-28-21(5)23(10-7-2)15-17-27;1-2/h7,10-11,13-15,18-19,21H,6,8-9,12,16-17H2,1-5H3,(H,29,30);1-2H/b10-7-,23-15+,24-11+,28-18?;. The molecule has 0 saturated carbocycles. The molecule has 4 heteroatoms. The zero-order valence-corrected chi connectivity index (χ0v) is 20.3. The molecule has 3 nitrogen and oxygen atoms in total. The molecule has 1 aromatic carbocycles. The van der Waals surface area contributed by atoms with Crippen molar-refractivity contribution in [3.8, 4) is 12.8 Å². The maximum absolute atomic E-state index is 12.8. The van der Waals surface area contributed by atoms with E-state index in [9.17, 15) is 9.18 Å². The van der Waals surface area contributed by atoms with Crippen LogP contribution in [0.1, 0.15) is 64.5 Å². The van der Waals surface area contributed by atoms with Crippen LogP contribution >= 0.6 is 0 Å². The largest absolute Gasteiger partial charge is 0.322 e. The number of hydrogen-bond acceptors (Lipinski definition) is 2. The summed E-state index contributed by atoms with van der Waals surface area (Å²) in [6, 6.07) is 5.96. The van der Waals surface area contributed by atoms with Gasteiger partial charge in [-0.2, -0.15) is 0 Å². The molecule has 1 N–H and O–H groups in total. The van der Waals surface area contributed by atoms with Gasteiger partial charge >= 0.3 is 0 Å². The highest BCUT2D eigenvalue weighted by atomic mass is 19.1. The summed E-state index contributed by atoms with van der Waals surface area (Å²) < 4.78 is 12.7. The van der Waals surface area contributed by atoms with Crippen molar-refractivity contribution in [3.05, 3.63) is 64.8 Å². The van der Waals surface area contributed by atoms with Crippen LogP contribution in [0.15, 0.2) is 58.6 Å². The van der Waals surface area contributed by atoms with E-state index in [2.05, 4.69) is 43.1 Å². The molecule has 0 aromatic heterocycles. The van der Waals surface area contributed by atoms with Crippen LogP contribution in [0.2, 0.25) is 0 Å². The lowest BCUT2D eigenvalue weighted by Gasteiger charge is -2.11. The minimum atomic E-state index is -0.514. The summed E-state index contributed by atoms with van der Waals surface area (Å²) in [6.45, 7) is 9.59. The number of terminal acetylenes is 1. The van der Waals surface area contributed by atoms with E-state index in [0.29, 0.717) is 12.0 Å². The number of carbonyl (C=O) groups excluding carboxylic acids is 1. The minimum Gasteiger partial charge on any atom is -0.322 e. The number of rotatable bonds is 12. The van der Waals surface area contributed by atoms with Gasteiger partial charge in [-0.3, -0.25) is 9.79 Å². The van der Waals surface area contributed by atoms with E-state index >= 15 is 0 Å². The van der Waals surface area contributed by atoms with Gasteiger partial charge in [-0.1, -0.05) is 44.6 Å². The van der Waals surface area contributed by atoms with E-state index in [1.54, 1.807) is 6.21 Å². The van der Waals surface area contributed by atoms with Crippen molar-refractivity contribution in [2.24, 2.45) is 4.99 Å². The summed E-state index contributed by atoms with van der Waals surface area (Å²) in [5.41, 5.74) is 4.86. The molecule has 174 valence electrons. The number of allylic oxidation sites excluding steroid dienone is 3. The molecule has 1 atom stereocenters. The number of unbranched alkanes of at least 4 members (excludes halogenated alkanes) is 1. The predicted octanol–water partition coefficient (Wildman–Crippen LogP) is 7.18. The molecule has 1 unspecified atom stereocenters. The van der Waals surface area contributed by atoms with E-state index in [0.717, 1.165) is 24.1 Å². The normalized spacial score (nSPS) is 13.1. The zero-order chi connectivity index (χ0) is 24.4. The Hall–Kier alpha value is -2.93.